The number of benzene rings is 2. The van der Waals surface area contributed by atoms with E-state index in [-0.39, 0.29) is 11.9 Å². The highest BCUT2D eigenvalue weighted by Gasteiger charge is 2.05. The zero-order valence-corrected chi connectivity index (χ0v) is 11.8. The smallest absolute Gasteiger partial charge is 0.125 e. The van der Waals surface area contributed by atoms with Gasteiger partial charge in [-0.05, 0) is 43.2 Å². The largest absolute Gasteiger partial charge is 0.306 e. The lowest BCUT2D eigenvalue weighted by atomic mass is 10.1. The quantitative estimate of drug-likeness (QED) is 0.858. The molecular weight excluding hydrogens is 261 g/mol. The summed E-state index contributed by atoms with van der Waals surface area (Å²) < 4.78 is 13.2. The lowest BCUT2D eigenvalue weighted by molar-refractivity contribution is 0.569. The van der Waals surface area contributed by atoms with Crippen molar-refractivity contribution in [1.82, 2.24) is 5.32 Å². The van der Waals surface area contributed by atoms with Crippen molar-refractivity contribution in [3.8, 4) is 0 Å². The number of rotatable bonds is 4. The fraction of sp³-hybridized carbons (Fsp3) is 0.250. The highest BCUT2D eigenvalue weighted by atomic mass is 35.5. The van der Waals surface area contributed by atoms with Crippen LogP contribution in [0.3, 0.4) is 0 Å². The number of nitrogens with one attached hydrogen (secondary N) is 1. The van der Waals surface area contributed by atoms with Crippen LogP contribution in [0.2, 0.25) is 5.02 Å². The van der Waals surface area contributed by atoms with Crippen LogP contribution < -0.4 is 5.32 Å². The summed E-state index contributed by atoms with van der Waals surface area (Å²) in [7, 11) is 0. The molecule has 0 aliphatic heterocycles. The van der Waals surface area contributed by atoms with Crippen molar-refractivity contribution in [2.45, 2.75) is 26.4 Å². The first-order valence-corrected chi connectivity index (χ1v) is 6.67. The van der Waals surface area contributed by atoms with E-state index in [1.807, 2.05) is 0 Å². The molecule has 3 heteroatoms. The van der Waals surface area contributed by atoms with Crippen molar-refractivity contribution in [1.29, 1.82) is 0 Å². The summed E-state index contributed by atoms with van der Waals surface area (Å²) in [6, 6.07) is 13.2. The van der Waals surface area contributed by atoms with E-state index in [9.17, 15) is 4.39 Å². The lowest BCUT2D eigenvalue weighted by Gasteiger charge is -2.14. The second kappa shape index (κ2) is 6.18. The zero-order chi connectivity index (χ0) is 13.8. The molecule has 0 aliphatic rings. The molecule has 0 radical (unpaired) electrons. The van der Waals surface area contributed by atoms with Crippen molar-refractivity contribution in [2.24, 2.45) is 0 Å². The molecule has 1 N–H and O–H groups in total. The topological polar surface area (TPSA) is 12.0 Å². The van der Waals surface area contributed by atoms with Gasteiger partial charge in [0, 0.05) is 17.6 Å². The first kappa shape index (κ1) is 14.0. The molecule has 2 rings (SSSR count). The van der Waals surface area contributed by atoms with Gasteiger partial charge in [0.25, 0.3) is 0 Å². The maximum atomic E-state index is 13.2. The molecule has 19 heavy (non-hydrogen) atoms. The van der Waals surface area contributed by atoms with Crippen LogP contribution in [0.5, 0.6) is 0 Å². The maximum Gasteiger partial charge on any atom is 0.125 e. The minimum atomic E-state index is -0.299. The lowest BCUT2D eigenvalue weighted by Crippen LogP contribution is -2.18. The highest BCUT2D eigenvalue weighted by Crippen LogP contribution is 2.17. The highest BCUT2D eigenvalue weighted by molar-refractivity contribution is 6.30. The second-order valence-electron chi connectivity index (χ2n) is 4.79. The third-order valence-electron chi connectivity index (χ3n) is 3.11. The van der Waals surface area contributed by atoms with Crippen molar-refractivity contribution in [3.63, 3.8) is 0 Å². The normalized spacial score (nSPS) is 12.4. The molecule has 0 aliphatic carbocycles. The van der Waals surface area contributed by atoms with Gasteiger partial charge in [0.2, 0.25) is 0 Å². The molecule has 2 aromatic carbocycles. The average molecular weight is 278 g/mol. The van der Waals surface area contributed by atoms with Crippen LogP contribution in [-0.4, -0.2) is 0 Å². The van der Waals surface area contributed by atoms with Crippen LogP contribution in [0, 0.1) is 12.7 Å². The van der Waals surface area contributed by atoms with E-state index in [0.29, 0.717) is 11.6 Å². The van der Waals surface area contributed by atoms with Gasteiger partial charge in [0.05, 0.1) is 0 Å². The Hall–Kier alpha value is -1.38. The Morgan fingerprint density at radius 3 is 2.47 bits per heavy atom. The number of hydrogen-bond donors (Lipinski definition) is 1. The zero-order valence-electron chi connectivity index (χ0n) is 11.1. The molecule has 0 aromatic heterocycles. The third kappa shape index (κ3) is 4.05. The predicted molar refractivity (Wildman–Crippen MR) is 77.8 cm³/mol. The first-order chi connectivity index (χ1) is 9.04. The van der Waals surface area contributed by atoms with Crippen molar-refractivity contribution < 1.29 is 4.39 Å². The number of aryl methyl sites for hydroxylation is 1. The number of halogens is 2. The molecule has 1 unspecified atom stereocenters. The van der Waals surface area contributed by atoms with E-state index in [1.54, 1.807) is 6.07 Å². The van der Waals surface area contributed by atoms with Gasteiger partial charge in [-0.2, -0.15) is 0 Å². The second-order valence-corrected chi connectivity index (χ2v) is 5.23. The molecule has 1 nitrogen and oxygen atoms in total. The summed E-state index contributed by atoms with van der Waals surface area (Å²) in [5, 5.41) is 3.79. The minimum Gasteiger partial charge on any atom is -0.306 e. The molecule has 0 spiro atoms. The molecule has 100 valence electrons. The van der Waals surface area contributed by atoms with Crippen molar-refractivity contribution >= 4 is 11.6 Å². The Bertz CT molecular complexity index is 531. The molecule has 0 saturated carbocycles. The Kier molecular flexibility index (Phi) is 4.56. The Balaban J connectivity index is 1.99. The van der Waals surface area contributed by atoms with Crippen molar-refractivity contribution in [2.75, 3.05) is 0 Å². The monoisotopic (exact) mass is 277 g/mol. The third-order valence-corrected chi connectivity index (χ3v) is 3.33. The van der Waals surface area contributed by atoms with Gasteiger partial charge in [0.15, 0.2) is 0 Å². The fourth-order valence-corrected chi connectivity index (χ4v) is 2.20. The summed E-state index contributed by atoms with van der Waals surface area (Å²) in [5.74, 6) is -0.299. The van der Waals surface area contributed by atoms with Gasteiger partial charge in [0.1, 0.15) is 5.82 Å². The van der Waals surface area contributed by atoms with E-state index >= 15 is 0 Å². The SMILES string of the molecule is Cc1ccc(C(C)NCc2cc(F)cc(Cl)c2)cc1. The van der Waals surface area contributed by atoms with Crippen LogP contribution in [0.4, 0.5) is 4.39 Å². The van der Waals surface area contributed by atoms with Crippen LogP contribution in [0.25, 0.3) is 0 Å². The molecule has 0 fully saturated rings. The van der Waals surface area contributed by atoms with Gasteiger partial charge in [-0.1, -0.05) is 41.4 Å². The van der Waals surface area contributed by atoms with E-state index in [4.69, 9.17) is 11.6 Å². The Labute approximate surface area is 118 Å². The molecule has 0 amide bonds. The first-order valence-electron chi connectivity index (χ1n) is 6.29. The average Bonchev–Trinajstić information content (AvgIpc) is 2.36. The van der Waals surface area contributed by atoms with Crippen LogP contribution >= 0.6 is 11.6 Å². The van der Waals surface area contributed by atoms with E-state index < -0.39 is 0 Å². The predicted octanol–water partition coefficient (Wildman–Crippen LogP) is 4.64. The van der Waals surface area contributed by atoms with Gasteiger partial charge < -0.3 is 5.32 Å². The molecule has 0 saturated heterocycles. The van der Waals surface area contributed by atoms with Gasteiger partial charge in [-0.25, -0.2) is 4.39 Å². The summed E-state index contributed by atoms with van der Waals surface area (Å²) in [5.41, 5.74) is 3.31. The summed E-state index contributed by atoms with van der Waals surface area (Å²) in [6.45, 7) is 4.74. The standard InChI is InChI=1S/C16H17ClFN/c1-11-3-5-14(6-4-11)12(2)19-10-13-7-15(17)9-16(18)8-13/h3-9,12,19H,10H2,1-2H3. The Morgan fingerprint density at radius 1 is 1.16 bits per heavy atom. The van der Waals surface area contributed by atoms with Crippen LogP contribution in [0.15, 0.2) is 42.5 Å². The molecule has 0 heterocycles. The summed E-state index contributed by atoms with van der Waals surface area (Å²) in [4.78, 5) is 0. The summed E-state index contributed by atoms with van der Waals surface area (Å²) in [6.07, 6.45) is 0. The van der Waals surface area contributed by atoms with Gasteiger partial charge in [-0.3, -0.25) is 0 Å². The Morgan fingerprint density at radius 2 is 1.84 bits per heavy atom. The van der Waals surface area contributed by atoms with E-state index in [2.05, 4.69) is 43.4 Å². The van der Waals surface area contributed by atoms with Crippen LogP contribution in [-0.2, 0) is 6.54 Å². The van der Waals surface area contributed by atoms with Crippen LogP contribution in [0.1, 0.15) is 29.7 Å². The van der Waals surface area contributed by atoms with Gasteiger partial charge >= 0.3 is 0 Å². The molecule has 2 aromatic rings. The van der Waals surface area contributed by atoms with Gasteiger partial charge in [-0.15, -0.1) is 0 Å². The molecule has 1 atom stereocenters. The number of hydrogen-bond acceptors (Lipinski definition) is 1. The molecular formula is C16H17ClFN. The van der Waals surface area contributed by atoms with E-state index in [1.165, 1.54) is 23.3 Å². The van der Waals surface area contributed by atoms with E-state index in [0.717, 1.165) is 5.56 Å². The maximum absolute atomic E-state index is 13.2. The molecule has 0 bridgehead atoms. The fourth-order valence-electron chi connectivity index (χ4n) is 1.96. The minimum absolute atomic E-state index is 0.211. The van der Waals surface area contributed by atoms with Crippen molar-refractivity contribution in [3.05, 3.63) is 70.0 Å². The summed E-state index contributed by atoms with van der Waals surface area (Å²) >= 11 is 5.83.